The maximum absolute atomic E-state index is 4.26. The second kappa shape index (κ2) is 7.38. The molecule has 112 valence electrons. The molecule has 1 aliphatic carbocycles. The lowest BCUT2D eigenvalue weighted by atomic mass is 9.91. The molecule has 0 radical (unpaired) electrons. The minimum Gasteiger partial charge on any atom is -0.303 e. The second-order valence-corrected chi connectivity index (χ2v) is 7.60. The highest BCUT2D eigenvalue weighted by atomic mass is 32.2. The highest BCUT2D eigenvalue weighted by Gasteiger charge is 2.26. The summed E-state index contributed by atoms with van der Waals surface area (Å²) in [6, 6.07) is 11.3. The van der Waals surface area contributed by atoms with Crippen molar-refractivity contribution >= 4 is 23.1 Å². The first-order chi connectivity index (χ1) is 10.4. The molecule has 2 aromatic rings. The number of hydrogen-bond acceptors (Lipinski definition) is 5. The molecule has 1 N–H and O–H groups in total. The van der Waals surface area contributed by atoms with Crippen molar-refractivity contribution in [1.29, 1.82) is 0 Å². The Morgan fingerprint density at radius 1 is 1.24 bits per heavy atom. The maximum Gasteiger partial charge on any atom is 0.174 e. The zero-order valence-electron chi connectivity index (χ0n) is 12.3. The predicted molar refractivity (Wildman–Crippen MR) is 89.7 cm³/mol. The number of rotatable bonds is 6. The van der Waals surface area contributed by atoms with E-state index in [0.29, 0.717) is 6.04 Å². The topological polar surface area (TPSA) is 37.8 Å². The summed E-state index contributed by atoms with van der Waals surface area (Å²) < 4.78 is 1.05. The molecule has 1 heterocycles. The standard InChI is InChI=1S/C16H21N3S2/c1-20-16-19-18-14(21-16)11-17-15(13-9-5-6-10-13)12-7-3-2-4-8-12/h2-4,7-8,13,15,17H,5-6,9-11H2,1H3/t15-/m0/s1. The van der Waals surface area contributed by atoms with Crippen LogP contribution in [-0.2, 0) is 6.54 Å². The maximum atomic E-state index is 4.26. The van der Waals surface area contributed by atoms with Crippen LogP contribution in [0.2, 0.25) is 0 Å². The molecule has 0 bridgehead atoms. The summed E-state index contributed by atoms with van der Waals surface area (Å²) >= 11 is 3.35. The van der Waals surface area contributed by atoms with Gasteiger partial charge in [-0.3, -0.25) is 0 Å². The van der Waals surface area contributed by atoms with Crippen LogP contribution in [0.5, 0.6) is 0 Å². The van der Waals surface area contributed by atoms with Crippen LogP contribution in [-0.4, -0.2) is 16.5 Å². The van der Waals surface area contributed by atoms with Gasteiger partial charge in [-0.15, -0.1) is 10.2 Å². The molecule has 0 amide bonds. The quantitative estimate of drug-likeness (QED) is 0.806. The Morgan fingerprint density at radius 2 is 2.00 bits per heavy atom. The van der Waals surface area contributed by atoms with E-state index in [9.17, 15) is 0 Å². The summed E-state index contributed by atoms with van der Waals surface area (Å²) in [5.41, 5.74) is 1.40. The Hall–Kier alpha value is -0.910. The molecule has 1 fully saturated rings. The fraction of sp³-hybridized carbons (Fsp3) is 0.500. The molecule has 3 nitrogen and oxygen atoms in total. The van der Waals surface area contributed by atoms with E-state index in [1.54, 1.807) is 23.1 Å². The first-order valence-electron chi connectivity index (χ1n) is 7.51. The third kappa shape index (κ3) is 3.84. The Morgan fingerprint density at radius 3 is 2.67 bits per heavy atom. The smallest absolute Gasteiger partial charge is 0.174 e. The van der Waals surface area contributed by atoms with Crippen LogP contribution in [0.25, 0.3) is 0 Å². The molecule has 1 saturated carbocycles. The minimum atomic E-state index is 0.440. The predicted octanol–water partition coefficient (Wildman–Crippen LogP) is 4.28. The van der Waals surface area contributed by atoms with Crippen LogP contribution < -0.4 is 5.32 Å². The average Bonchev–Trinajstić information content (AvgIpc) is 3.20. The van der Waals surface area contributed by atoms with Gasteiger partial charge in [-0.1, -0.05) is 66.3 Å². The van der Waals surface area contributed by atoms with E-state index in [4.69, 9.17) is 0 Å². The SMILES string of the molecule is CSc1nnc(CN[C@@H](c2ccccc2)C2CCCC2)s1. The van der Waals surface area contributed by atoms with Gasteiger partial charge in [-0.05, 0) is 30.6 Å². The summed E-state index contributed by atoms with van der Waals surface area (Å²) in [4.78, 5) is 0. The molecule has 0 saturated heterocycles. The van der Waals surface area contributed by atoms with Gasteiger partial charge in [0.15, 0.2) is 4.34 Å². The first-order valence-corrected chi connectivity index (χ1v) is 9.55. The molecule has 1 aromatic carbocycles. The molecule has 1 aromatic heterocycles. The third-order valence-electron chi connectivity index (χ3n) is 4.13. The molecular weight excluding hydrogens is 298 g/mol. The molecule has 5 heteroatoms. The Bertz CT molecular complexity index is 550. The fourth-order valence-electron chi connectivity index (χ4n) is 3.10. The summed E-state index contributed by atoms with van der Waals surface area (Å²) in [7, 11) is 0. The van der Waals surface area contributed by atoms with Crippen LogP contribution in [0.3, 0.4) is 0 Å². The van der Waals surface area contributed by atoms with Crippen LogP contribution in [0, 0.1) is 5.92 Å². The monoisotopic (exact) mass is 319 g/mol. The Balaban J connectivity index is 1.70. The highest BCUT2D eigenvalue weighted by molar-refractivity contribution is 8.00. The van der Waals surface area contributed by atoms with Crippen LogP contribution >= 0.6 is 23.1 Å². The number of benzene rings is 1. The number of nitrogens with one attached hydrogen (secondary N) is 1. The average molecular weight is 319 g/mol. The first kappa shape index (κ1) is 15.0. The van der Waals surface area contributed by atoms with Crippen molar-refractivity contribution in [2.24, 2.45) is 5.92 Å². The van der Waals surface area contributed by atoms with E-state index in [-0.39, 0.29) is 0 Å². The van der Waals surface area contributed by atoms with Crippen LogP contribution in [0.15, 0.2) is 34.7 Å². The summed E-state index contributed by atoms with van der Waals surface area (Å²) in [6.07, 6.45) is 7.44. The van der Waals surface area contributed by atoms with Gasteiger partial charge in [0.25, 0.3) is 0 Å². The lowest BCUT2D eigenvalue weighted by Crippen LogP contribution is -2.26. The van der Waals surface area contributed by atoms with Crippen molar-refractivity contribution in [3.63, 3.8) is 0 Å². The number of hydrogen-bond donors (Lipinski definition) is 1. The van der Waals surface area contributed by atoms with Gasteiger partial charge < -0.3 is 5.32 Å². The van der Waals surface area contributed by atoms with Crippen molar-refractivity contribution in [1.82, 2.24) is 15.5 Å². The van der Waals surface area contributed by atoms with Gasteiger partial charge >= 0.3 is 0 Å². The van der Waals surface area contributed by atoms with E-state index in [2.05, 4.69) is 45.8 Å². The van der Waals surface area contributed by atoms with Gasteiger partial charge in [0, 0.05) is 6.04 Å². The molecule has 0 aliphatic heterocycles. The molecule has 3 rings (SSSR count). The zero-order valence-corrected chi connectivity index (χ0v) is 13.9. The minimum absolute atomic E-state index is 0.440. The van der Waals surface area contributed by atoms with Crippen molar-refractivity contribution in [3.05, 3.63) is 40.9 Å². The molecule has 1 atom stereocenters. The third-order valence-corrected chi connectivity index (χ3v) is 6.02. The molecular formula is C16H21N3S2. The van der Waals surface area contributed by atoms with Gasteiger partial charge in [0.05, 0.1) is 6.54 Å². The summed E-state index contributed by atoms with van der Waals surface area (Å²) in [6.45, 7) is 0.814. The summed E-state index contributed by atoms with van der Waals surface area (Å²) in [5, 5.41) is 13.3. The van der Waals surface area contributed by atoms with Gasteiger partial charge in [-0.2, -0.15) is 0 Å². The van der Waals surface area contributed by atoms with Gasteiger partial charge in [0.1, 0.15) is 5.01 Å². The lowest BCUT2D eigenvalue weighted by Gasteiger charge is -2.25. The molecule has 21 heavy (non-hydrogen) atoms. The van der Waals surface area contributed by atoms with E-state index < -0.39 is 0 Å². The summed E-state index contributed by atoms with van der Waals surface area (Å²) in [5.74, 6) is 0.750. The van der Waals surface area contributed by atoms with E-state index >= 15 is 0 Å². The Labute approximate surface area is 134 Å². The van der Waals surface area contributed by atoms with Crippen molar-refractivity contribution in [3.8, 4) is 0 Å². The number of thioether (sulfide) groups is 1. The normalized spacial score (nSPS) is 17.2. The van der Waals surface area contributed by atoms with E-state index in [0.717, 1.165) is 21.8 Å². The van der Waals surface area contributed by atoms with Crippen molar-refractivity contribution < 1.29 is 0 Å². The second-order valence-electron chi connectivity index (χ2n) is 5.48. The highest BCUT2D eigenvalue weighted by Crippen LogP contribution is 2.36. The van der Waals surface area contributed by atoms with E-state index in [1.807, 2.05) is 6.26 Å². The van der Waals surface area contributed by atoms with Crippen molar-refractivity contribution in [2.75, 3.05) is 6.26 Å². The zero-order chi connectivity index (χ0) is 14.5. The molecule has 0 unspecified atom stereocenters. The number of nitrogens with zero attached hydrogens (tertiary/aromatic N) is 2. The largest absolute Gasteiger partial charge is 0.303 e. The lowest BCUT2D eigenvalue weighted by molar-refractivity contribution is 0.365. The van der Waals surface area contributed by atoms with Crippen LogP contribution in [0.4, 0.5) is 0 Å². The van der Waals surface area contributed by atoms with E-state index in [1.165, 1.54) is 31.2 Å². The molecule has 1 aliphatic rings. The fourth-order valence-corrected chi connectivity index (χ4v) is 4.36. The Kier molecular flexibility index (Phi) is 5.27. The van der Waals surface area contributed by atoms with Gasteiger partial charge in [0.2, 0.25) is 0 Å². The van der Waals surface area contributed by atoms with Crippen molar-refractivity contribution in [2.45, 2.75) is 42.6 Å². The van der Waals surface area contributed by atoms with Crippen LogP contribution in [0.1, 0.15) is 42.3 Å². The number of aromatic nitrogens is 2. The van der Waals surface area contributed by atoms with Gasteiger partial charge in [-0.25, -0.2) is 0 Å². The molecule has 0 spiro atoms.